The predicted octanol–water partition coefficient (Wildman–Crippen LogP) is 2.85. The number of hydrogen-bond acceptors (Lipinski definition) is 4. The third-order valence-electron chi connectivity index (χ3n) is 6.09. The molecule has 2 amide bonds. The molecule has 1 saturated carbocycles. The highest BCUT2D eigenvalue weighted by Gasteiger charge is 2.50. The smallest absolute Gasteiger partial charge is 0.368 e. The summed E-state index contributed by atoms with van der Waals surface area (Å²) >= 11 is 0. The summed E-state index contributed by atoms with van der Waals surface area (Å²) in [5.74, 6) is -5.74. The Hall–Kier alpha value is -2.27. The predicted molar refractivity (Wildman–Crippen MR) is 104 cm³/mol. The molecule has 32 heavy (non-hydrogen) atoms. The van der Waals surface area contributed by atoms with Crippen molar-refractivity contribution >= 4 is 17.5 Å². The molecule has 1 aliphatic heterocycles. The van der Waals surface area contributed by atoms with Crippen LogP contribution in [0.3, 0.4) is 0 Å². The monoisotopic (exact) mass is 464 g/mol. The average Bonchev–Trinajstić information content (AvgIpc) is 3.45. The molecule has 1 aromatic carbocycles. The standard InChI is InChI=1S/C21H25F5N2O4/c1-9(12(7-15(30)31)21(24,25)26)27-14(29)8-28-18-13(22)6-11(10-4-5-10)17(23)16(18)20(2,3)19(28)32/h6,9-10,12,15,30-31H,4-5,7-8H2,1-3H3,(H,27,29)/t9-,12+/m1/s1. The van der Waals surface area contributed by atoms with Gasteiger partial charge in [-0.15, -0.1) is 0 Å². The van der Waals surface area contributed by atoms with E-state index in [9.17, 15) is 27.2 Å². The van der Waals surface area contributed by atoms with E-state index in [1.54, 1.807) is 0 Å². The molecule has 1 aliphatic carbocycles. The van der Waals surface area contributed by atoms with E-state index >= 15 is 4.39 Å². The van der Waals surface area contributed by atoms with Gasteiger partial charge in [-0.05, 0) is 51.2 Å². The summed E-state index contributed by atoms with van der Waals surface area (Å²) in [6.45, 7) is 3.02. The van der Waals surface area contributed by atoms with Crippen LogP contribution in [0.4, 0.5) is 27.6 Å². The third-order valence-corrected chi connectivity index (χ3v) is 6.09. The van der Waals surface area contributed by atoms with E-state index in [1.165, 1.54) is 13.8 Å². The Morgan fingerprint density at radius 1 is 1.28 bits per heavy atom. The minimum atomic E-state index is -4.83. The molecule has 1 heterocycles. The zero-order chi connectivity index (χ0) is 24.2. The first-order valence-corrected chi connectivity index (χ1v) is 10.2. The molecule has 0 radical (unpaired) electrons. The Morgan fingerprint density at radius 3 is 2.38 bits per heavy atom. The van der Waals surface area contributed by atoms with Gasteiger partial charge in [0.2, 0.25) is 11.8 Å². The van der Waals surface area contributed by atoms with E-state index in [0.29, 0.717) is 12.8 Å². The van der Waals surface area contributed by atoms with Crippen LogP contribution in [-0.2, 0) is 15.0 Å². The fourth-order valence-electron chi connectivity index (χ4n) is 4.25. The number of amides is 2. The first-order chi connectivity index (χ1) is 14.7. The number of aliphatic hydroxyl groups is 2. The van der Waals surface area contributed by atoms with Crippen LogP contribution in [-0.4, -0.2) is 47.1 Å². The minimum absolute atomic E-state index is 0.125. The molecule has 11 heteroatoms. The van der Waals surface area contributed by atoms with Gasteiger partial charge in [0.05, 0.1) is 17.0 Å². The van der Waals surface area contributed by atoms with Crippen molar-refractivity contribution in [2.24, 2.45) is 5.92 Å². The second-order valence-electron chi connectivity index (χ2n) is 9.00. The number of carbonyl (C=O) groups is 2. The van der Waals surface area contributed by atoms with Crippen molar-refractivity contribution in [1.82, 2.24) is 5.32 Å². The largest absolute Gasteiger partial charge is 0.393 e. The second kappa shape index (κ2) is 8.26. The fourth-order valence-corrected chi connectivity index (χ4v) is 4.25. The molecule has 3 N–H and O–H groups in total. The Bertz CT molecular complexity index is 928. The van der Waals surface area contributed by atoms with E-state index in [1.807, 2.05) is 0 Å². The number of halogens is 5. The molecule has 0 bridgehead atoms. The van der Waals surface area contributed by atoms with Gasteiger partial charge in [-0.3, -0.25) is 14.5 Å². The van der Waals surface area contributed by atoms with Crippen molar-refractivity contribution in [2.75, 3.05) is 11.4 Å². The second-order valence-corrected chi connectivity index (χ2v) is 9.00. The maximum Gasteiger partial charge on any atom is 0.393 e. The zero-order valence-electron chi connectivity index (χ0n) is 17.8. The van der Waals surface area contributed by atoms with Gasteiger partial charge in [-0.2, -0.15) is 13.2 Å². The molecule has 2 atom stereocenters. The number of rotatable bonds is 7. The number of hydrogen-bond donors (Lipinski definition) is 3. The van der Waals surface area contributed by atoms with Crippen molar-refractivity contribution < 1.29 is 41.8 Å². The molecule has 1 fully saturated rings. The minimum Gasteiger partial charge on any atom is -0.368 e. The maximum atomic E-state index is 15.2. The summed E-state index contributed by atoms with van der Waals surface area (Å²) in [5, 5.41) is 20.0. The van der Waals surface area contributed by atoms with Gasteiger partial charge in [0.15, 0.2) is 6.29 Å². The summed E-state index contributed by atoms with van der Waals surface area (Å²) < 4.78 is 69.8. The van der Waals surface area contributed by atoms with E-state index in [2.05, 4.69) is 5.32 Å². The van der Waals surface area contributed by atoms with Gasteiger partial charge in [-0.1, -0.05) is 0 Å². The van der Waals surface area contributed by atoms with E-state index in [-0.39, 0.29) is 22.7 Å². The number of alkyl halides is 3. The average molecular weight is 464 g/mol. The van der Waals surface area contributed by atoms with Crippen molar-refractivity contribution in [3.8, 4) is 0 Å². The molecule has 2 aliphatic rings. The van der Waals surface area contributed by atoms with Gasteiger partial charge in [0.25, 0.3) is 0 Å². The number of nitrogens with one attached hydrogen (secondary N) is 1. The Balaban J connectivity index is 1.85. The first-order valence-electron chi connectivity index (χ1n) is 10.2. The maximum absolute atomic E-state index is 15.2. The lowest BCUT2D eigenvalue weighted by molar-refractivity contribution is -0.201. The summed E-state index contributed by atoms with van der Waals surface area (Å²) in [5.41, 5.74) is -1.84. The van der Waals surface area contributed by atoms with Gasteiger partial charge < -0.3 is 15.5 Å². The van der Waals surface area contributed by atoms with Crippen molar-refractivity contribution in [3.05, 3.63) is 28.8 Å². The van der Waals surface area contributed by atoms with Gasteiger partial charge in [0, 0.05) is 18.0 Å². The summed E-state index contributed by atoms with van der Waals surface area (Å²) in [6, 6.07) is -0.551. The van der Waals surface area contributed by atoms with Crippen LogP contribution in [0, 0.1) is 17.6 Å². The van der Waals surface area contributed by atoms with Crippen molar-refractivity contribution in [1.29, 1.82) is 0 Å². The number of nitrogens with zero attached hydrogens (tertiary/aromatic N) is 1. The first kappa shape index (κ1) is 24.4. The molecule has 1 aromatic rings. The number of benzene rings is 1. The lowest BCUT2D eigenvalue weighted by Crippen LogP contribution is -2.49. The molecule has 0 aromatic heterocycles. The lowest BCUT2D eigenvalue weighted by atomic mass is 9.84. The van der Waals surface area contributed by atoms with Crippen LogP contribution in [0.1, 0.15) is 57.1 Å². The summed E-state index contributed by atoms with van der Waals surface area (Å²) in [7, 11) is 0. The SMILES string of the molecule is C[C@@H](NC(=O)CN1C(=O)C(C)(C)c2c(F)c(C3CC3)cc(F)c21)[C@H](CC(O)O)C(F)(F)F. The van der Waals surface area contributed by atoms with Crippen LogP contribution >= 0.6 is 0 Å². The summed E-state index contributed by atoms with van der Waals surface area (Å²) in [6.07, 6.45) is -6.73. The highest BCUT2D eigenvalue weighted by molar-refractivity contribution is 6.10. The Kier molecular flexibility index (Phi) is 6.29. The molecule has 0 unspecified atom stereocenters. The van der Waals surface area contributed by atoms with Gasteiger partial charge >= 0.3 is 6.18 Å². The topological polar surface area (TPSA) is 89.9 Å². The third kappa shape index (κ3) is 4.45. The van der Waals surface area contributed by atoms with E-state index in [0.717, 1.165) is 17.9 Å². The van der Waals surface area contributed by atoms with Crippen molar-refractivity contribution in [2.45, 2.75) is 69.9 Å². The lowest BCUT2D eigenvalue weighted by Gasteiger charge is -2.28. The Labute approximate surface area is 181 Å². The molecular formula is C21H25F5N2O4. The van der Waals surface area contributed by atoms with E-state index < -0.39 is 66.3 Å². The molecular weight excluding hydrogens is 439 g/mol. The molecule has 0 spiro atoms. The molecule has 178 valence electrons. The summed E-state index contributed by atoms with van der Waals surface area (Å²) in [4.78, 5) is 26.1. The van der Waals surface area contributed by atoms with Crippen LogP contribution in [0.5, 0.6) is 0 Å². The highest BCUT2D eigenvalue weighted by atomic mass is 19.4. The number of carbonyl (C=O) groups excluding carboxylic acids is 2. The van der Waals surface area contributed by atoms with Crippen LogP contribution in [0.15, 0.2) is 6.07 Å². The molecule has 6 nitrogen and oxygen atoms in total. The number of anilines is 1. The normalized spacial score (nSPS) is 19.8. The van der Waals surface area contributed by atoms with Crippen molar-refractivity contribution in [3.63, 3.8) is 0 Å². The quantitative estimate of drug-likeness (QED) is 0.428. The highest BCUT2D eigenvalue weighted by Crippen LogP contribution is 2.50. The zero-order valence-corrected chi connectivity index (χ0v) is 17.8. The van der Waals surface area contributed by atoms with E-state index in [4.69, 9.17) is 10.2 Å². The molecule has 0 saturated heterocycles. The Morgan fingerprint density at radius 2 is 1.88 bits per heavy atom. The van der Waals surface area contributed by atoms with Gasteiger partial charge in [-0.25, -0.2) is 8.78 Å². The van der Waals surface area contributed by atoms with Crippen LogP contribution in [0.2, 0.25) is 0 Å². The van der Waals surface area contributed by atoms with Crippen LogP contribution < -0.4 is 10.2 Å². The fraction of sp³-hybridized carbons (Fsp3) is 0.619. The number of fused-ring (bicyclic) bond motifs is 1. The van der Waals surface area contributed by atoms with Crippen LogP contribution in [0.25, 0.3) is 0 Å². The molecule has 3 rings (SSSR count). The number of aliphatic hydroxyl groups excluding tert-OH is 1. The van der Waals surface area contributed by atoms with Gasteiger partial charge in [0.1, 0.15) is 18.2 Å².